The fourth-order valence-electron chi connectivity index (χ4n) is 6.70. The summed E-state index contributed by atoms with van der Waals surface area (Å²) in [5.41, 5.74) is 0. The molecule has 340 valence electrons. The van der Waals surface area contributed by atoms with Gasteiger partial charge in [-0.1, -0.05) is 233 Å². The van der Waals surface area contributed by atoms with Gasteiger partial charge in [-0.2, -0.15) is 0 Å². The van der Waals surface area contributed by atoms with E-state index in [0.29, 0.717) is 19.3 Å². The highest BCUT2D eigenvalue weighted by atomic mass is 16.5. The van der Waals surface area contributed by atoms with Crippen molar-refractivity contribution in [1.82, 2.24) is 5.32 Å². The number of amides is 1. The maximum absolute atomic E-state index is 13.2. The smallest absolute Gasteiger partial charge is 0.306 e. The lowest BCUT2D eigenvalue weighted by Crippen LogP contribution is -2.46. The Morgan fingerprint density at radius 1 is 0.500 bits per heavy atom. The van der Waals surface area contributed by atoms with E-state index in [9.17, 15) is 19.8 Å². The Labute approximate surface area is 368 Å². The highest BCUT2D eigenvalue weighted by molar-refractivity contribution is 5.77. The fraction of sp³-hybridized carbons (Fsp3) is 0.630. The largest absolute Gasteiger partial charge is 0.462 e. The quantitative estimate of drug-likeness (QED) is 0.0324. The van der Waals surface area contributed by atoms with E-state index in [1.165, 1.54) is 64.2 Å². The van der Waals surface area contributed by atoms with E-state index in [4.69, 9.17) is 4.74 Å². The van der Waals surface area contributed by atoms with Gasteiger partial charge in [-0.05, 0) is 57.8 Å². The number of aliphatic hydroxyl groups is 2. The topological polar surface area (TPSA) is 95.9 Å². The molecule has 0 spiro atoms. The zero-order chi connectivity index (χ0) is 43.8. The van der Waals surface area contributed by atoms with Crippen molar-refractivity contribution in [2.75, 3.05) is 6.61 Å². The molecule has 0 aromatic rings. The molecule has 3 N–H and O–H groups in total. The number of hydrogen-bond donors (Lipinski definition) is 3. The van der Waals surface area contributed by atoms with Gasteiger partial charge in [-0.15, -0.1) is 0 Å². The number of allylic oxidation sites excluding steroid dienone is 18. The summed E-state index contributed by atoms with van der Waals surface area (Å²) in [4.78, 5) is 26.1. The number of rotatable bonds is 41. The van der Waals surface area contributed by atoms with Crippen LogP contribution in [0, 0.1) is 0 Å². The summed E-state index contributed by atoms with van der Waals surface area (Å²) in [5.74, 6) is -0.585. The summed E-state index contributed by atoms with van der Waals surface area (Å²) in [6.07, 6.45) is 62.9. The first kappa shape index (κ1) is 56.5. The average Bonchev–Trinajstić information content (AvgIpc) is 3.24. The van der Waals surface area contributed by atoms with Crippen molar-refractivity contribution in [3.8, 4) is 0 Å². The van der Waals surface area contributed by atoms with Crippen LogP contribution in [-0.4, -0.2) is 46.9 Å². The van der Waals surface area contributed by atoms with Crippen LogP contribution in [0.4, 0.5) is 0 Å². The molecule has 0 rings (SSSR count). The Morgan fingerprint density at radius 2 is 0.917 bits per heavy atom. The molecule has 6 heteroatoms. The summed E-state index contributed by atoms with van der Waals surface area (Å²) >= 11 is 0. The first-order chi connectivity index (χ1) is 29.5. The lowest BCUT2D eigenvalue weighted by atomic mass is 10.0. The van der Waals surface area contributed by atoms with Crippen LogP contribution in [0.5, 0.6) is 0 Å². The minimum absolute atomic E-state index is 0.0112. The van der Waals surface area contributed by atoms with Gasteiger partial charge < -0.3 is 20.3 Å². The van der Waals surface area contributed by atoms with Gasteiger partial charge in [0.2, 0.25) is 5.91 Å². The van der Waals surface area contributed by atoms with Crippen LogP contribution in [0.3, 0.4) is 0 Å². The van der Waals surface area contributed by atoms with Gasteiger partial charge in [-0.3, -0.25) is 9.59 Å². The summed E-state index contributed by atoms with van der Waals surface area (Å²) in [6, 6.07) is -0.736. The molecule has 0 heterocycles. The third-order valence-electron chi connectivity index (χ3n) is 10.3. The van der Waals surface area contributed by atoms with Crippen molar-refractivity contribution in [3.05, 3.63) is 109 Å². The van der Waals surface area contributed by atoms with E-state index in [1.807, 2.05) is 60.8 Å². The average molecular weight is 832 g/mol. The van der Waals surface area contributed by atoms with Crippen molar-refractivity contribution in [2.24, 2.45) is 0 Å². The molecule has 0 fully saturated rings. The number of ether oxygens (including phenoxy) is 1. The second-order valence-electron chi connectivity index (χ2n) is 16.0. The first-order valence-electron chi connectivity index (χ1n) is 24.2. The number of aliphatic hydroxyl groups excluding tert-OH is 2. The van der Waals surface area contributed by atoms with Crippen LogP contribution >= 0.6 is 0 Å². The molecule has 0 aromatic heterocycles. The molecule has 0 radical (unpaired) electrons. The van der Waals surface area contributed by atoms with Gasteiger partial charge >= 0.3 is 5.97 Å². The highest BCUT2D eigenvalue weighted by Crippen LogP contribution is 2.16. The predicted octanol–water partition coefficient (Wildman–Crippen LogP) is 14.3. The van der Waals surface area contributed by atoms with E-state index >= 15 is 0 Å². The normalized spacial score (nSPS) is 14.3. The molecule has 0 saturated carbocycles. The predicted molar refractivity (Wildman–Crippen MR) is 259 cm³/mol. The van der Waals surface area contributed by atoms with Crippen LogP contribution in [0.2, 0.25) is 0 Å². The molecule has 60 heavy (non-hydrogen) atoms. The second kappa shape index (κ2) is 46.6. The summed E-state index contributed by atoms with van der Waals surface area (Å²) in [6.45, 7) is 6.16. The third-order valence-corrected chi connectivity index (χ3v) is 10.3. The molecule has 1 amide bonds. The van der Waals surface area contributed by atoms with Crippen LogP contribution in [-0.2, 0) is 14.3 Å². The van der Waals surface area contributed by atoms with Crippen LogP contribution in [0.15, 0.2) is 109 Å². The highest BCUT2D eigenvalue weighted by Gasteiger charge is 2.24. The molecule has 3 atom stereocenters. The van der Waals surface area contributed by atoms with Crippen molar-refractivity contribution >= 4 is 11.9 Å². The van der Waals surface area contributed by atoms with E-state index < -0.39 is 18.2 Å². The van der Waals surface area contributed by atoms with Gasteiger partial charge in [-0.25, -0.2) is 0 Å². The summed E-state index contributed by atoms with van der Waals surface area (Å²) < 4.78 is 5.87. The molecule has 0 aliphatic heterocycles. The van der Waals surface area contributed by atoms with E-state index in [-0.39, 0.29) is 24.9 Å². The molecule has 0 saturated heterocycles. The minimum atomic E-state index is -0.817. The number of carbonyl (C=O) groups is 2. The van der Waals surface area contributed by atoms with Crippen molar-refractivity contribution in [1.29, 1.82) is 0 Å². The van der Waals surface area contributed by atoms with Gasteiger partial charge in [0.1, 0.15) is 6.10 Å². The van der Waals surface area contributed by atoms with Crippen molar-refractivity contribution < 1.29 is 24.5 Å². The van der Waals surface area contributed by atoms with E-state index in [2.05, 4.69) is 74.7 Å². The molecule has 0 aliphatic carbocycles. The van der Waals surface area contributed by atoms with Gasteiger partial charge in [0.25, 0.3) is 0 Å². The van der Waals surface area contributed by atoms with Gasteiger partial charge in [0.05, 0.1) is 25.2 Å². The van der Waals surface area contributed by atoms with Gasteiger partial charge in [0, 0.05) is 6.42 Å². The third kappa shape index (κ3) is 41.3. The molecule has 0 aromatic carbocycles. The van der Waals surface area contributed by atoms with Crippen LogP contribution in [0.1, 0.15) is 194 Å². The molecular weight excluding hydrogens is 743 g/mol. The molecular formula is C54H89NO5. The molecule has 0 bridgehead atoms. The molecule has 0 aliphatic rings. The maximum atomic E-state index is 13.2. The van der Waals surface area contributed by atoms with Gasteiger partial charge in [0.15, 0.2) is 0 Å². The Hall–Kier alpha value is -3.48. The van der Waals surface area contributed by atoms with Crippen molar-refractivity contribution in [2.45, 2.75) is 212 Å². The summed E-state index contributed by atoms with van der Waals surface area (Å²) in [5, 5.41) is 23.7. The minimum Gasteiger partial charge on any atom is -0.462 e. The van der Waals surface area contributed by atoms with Crippen LogP contribution in [0.25, 0.3) is 0 Å². The summed E-state index contributed by atoms with van der Waals surface area (Å²) in [7, 11) is 0. The van der Waals surface area contributed by atoms with E-state index in [0.717, 1.165) is 83.5 Å². The van der Waals surface area contributed by atoms with E-state index in [1.54, 1.807) is 0 Å². The zero-order valence-electron chi connectivity index (χ0n) is 38.5. The van der Waals surface area contributed by atoms with Crippen molar-refractivity contribution in [3.63, 3.8) is 0 Å². The Bertz CT molecular complexity index is 1250. The lowest BCUT2D eigenvalue weighted by Gasteiger charge is -2.24. The Morgan fingerprint density at radius 3 is 1.40 bits per heavy atom. The number of carbonyl (C=O) groups excluding carboxylic acids is 2. The standard InChI is InChI=1S/C54H89NO5/c1-4-7-10-13-16-19-22-25-26-29-30-33-36-39-42-45-50(60-54(59)47-44-41-38-35-32-28-24-21-18-15-12-9-6-3)48-53(58)55-51(49-56)52(57)46-43-40-37-34-31-27-23-20-17-14-11-8-5-2/h7,9-10,12-13,15-16,18-19,21-22,24-26,29-30,33,36,50-52,56-57H,4-6,8,11,14,17,20,23,27-28,31-32,34-35,37-49H2,1-3H3,(H,55,58)/b10-7-,12-9+,16-13+,18-15+,22-19+,24-21-,26-25-,30-29+,36-33+. The number of hydrogen-bond acceptors (Lipinski definition) is 5. The first-order valence-corrected chi connectivity index (χ1v) is 24.2. The maximum Gasteiger partial charge on any atom is 0.306 e. The number of unbranched alkanes of at least 4 members (excludes halogenated alkanes) is 18. The second-order valence-corrected chi connectivity index (χ2v) is 16.0. The van der Waals surface area contributed by atoms with Crippen LogP contribution < -0.4 is 5.32 Å². The fourth-order valence-corrected chi connectivity index (χ4v) is 6.70. The zero-order valence-corrected chi connectivity index (χ0v) is 38.5. The Kier molecular flexibility index (Phi) is 43.9. The lowest BCUT2D eigenvalue weighted by molar-refractivity contribution is -0.151. The SMILES string of the molecule is CC\C=C/C=C/C=C/C=C\C=C\C=C\CCCC(CC(=O)NC(CO)C(O)CCCCCCCCCCCCCCC)OC(=O)CCCCCCC\C=C/C=C/C=C/CC. The molecule has 3 unspecified atom stereocenters. The number of nitrogens with one attached hydrogen (secondary N) is 1. The number of esters is 1. The monoisotopic (exact) mass is 832 g/mol. The molecule has 6 nitrogen and oxygen atoms in total. The Balaban J connectivity index is 4.80.